The fourth-order valence-electron chi connectivity index (χ4n) is 3.11. The average molecular weight is 315 g/mol. The molecule has 2 unspecified atom stereocenters. The Kier molecular flexibility index (Phi) is 5.57. The molecular weight excluding hydrogens is 291 g/mol. The number of anilines is 1. The molecule has 0 bridgehead atoms. The van der Waals surface area contributed by atoms with Crippen molar-refractivity contribution >= 4 is 28.9 Å². The molecule has 1 N–H and O–H groups in total. The smallest absolute Gasteiger partial charge is 0.154 e. The molecule has 0 radical (unpaired) electrons. The van der Waals surface area contributed by atoms with E-state index in [9.17, 15) is 0 Å². The number of rotatable bonds is 3. The van der Waals surface area contributed by atoms with Crippen molar-refractivity contribution in [3.63, 3.8) is 0 Å². The van der Waals surface area contributed by atoms with E-state index in [4.69, 9.17) is 23.2 Å². The van der Waals surface area contributed by atoms with Gasteiger partial charge in [-0.25, -0.2) is 4.98 Å². The number of nitrogens with zero attached hydrogens (tertiary/aromatic N) is 1. The van der Waals surface area contributed by atoms with Gasteiger partial charge in [0.1, 0.15) is 5.15 Å². The predicted octanol–water partition coefficient (Wildman–Crippen LogP) is 5.71. The third kappa shape index (κ3) is 4.02. The fourth-order valence-corrected chi connectivity index (χ4v) is 3.70. The van der Waals surface area contributed by atoms with Gasteiger partial charge in [0.25, 0.3) is 0 Å². The molecule has 2 atom stereocenters. The van der Waals surface area contributed by atoms with Crippen LogP contribution < -0.4 is 5.32 Å². The van der Waals surface area contributed by atoms with Crippen molar-refractivity contribution < 1.29 is 0 Å². The van der Waals surface area contributed by atoms with Crippen LogP contribution in [-0.2, 0) is 0 Å². The van der Waals surface area contributed by atoms with Crippen molar-refractivity contribution in [1.29, 1.82) is 0 Å². The summed E-state index contributed by atoms with van der Waals surface area (Å²) in [7, 11) is 0. The predicted molar refractivity (Wildman–Crippen MR) is 87.8 cm³/mol. The van der Waals surface area contributed by atoms with Crippen LogP contribution in [0.5, 0.6) is 0 Å². The summed E-state index contributed by atoms with van der Waals surface area (Å²) < 4.78 is 0. The van der Waals surface area contributed by atoms with Crippen molar-refractivity contribution in [3.8, 4) is 0 Å². The van der Waals surface area contributed by atoms with Gasteiger partial charge < -0.3 is 5.32 Å². The maximum absolute atomic E-state index is 6.22. The van der Waals surface area contributed by atoms with Crippen LogP contribution in [0.1, 0.15) is 51.5 Å². The lowest BCUT2D eigenvalue weighted by atomic mass is 9.89. The molecule has 1 aromatic rings. The van der Waals surface area contributed by atoms with Gasteiger partial charge in [0.2, 0.25) is 0 Å². The monoisotopic (exact) mass is 314 g/mol. The van der Waals surface area contributed by atoms with Crippen LogP contribution in [0.25, 0.3) is 0 Å². The second-order valence-corrected chi connectivity index (χ2v) is 7.03. The molecule has 2 rings (SSSR count). The van der Waals surface area contributed by atoms with Crippen LogP contribution in [-0.4, -0.2) is 11.0 Å². The first-order valence-corrected chi connectivity index (χ1v) is 8.32. The normalized spacial score (nSPS) is 23.7. The summed E-state index contributed by atoms with van der Waals surface area (Å²) in [5.74, 6) is 1.65. The van der Waals surface area contributed by atoms with Crippen LogP contribution >= 0.6 is 23.2 Å². The van der Waals surface area contributed by atoms with Gasteiger partial charge >= 0.3 is 0 Å². The van der Waals surface area contributed by atoms with Crippen LogP contribution in [0.4, 0.5) is 5.69 Å². The standard InChI is InChI=1S/C16H24Cl2N2/c1-10(2)12-5-4-6-13(8-7-12)19-15-11(3)9-14(17)20-16(15)18/h9-10,12-13,19H,4-8H2,1-3H3. The van der Waals surface area contributed by atoms with Crippen molar-refractivity contribution in [1.82, 2.24) is 4.98 Å². The summed E-state index contributed by atoms with van der Waals surface area (Å²) in [6.07, 6.45) is 6.36. The highest BCUT2D eigenvalue weighted by Gasteiger charge is 2.22. The number of aryl methyl sites for hydroxylation is 1. The summed E-state index contributed by atoms with van der Waals surface area (Å²) in [5, 5.41) is 4.53. The quantitative estimate of drug-likeness (QED) is 0.570. The summed E-state index contributed by atoms with van der Waals surface area (Å²) >= 11 is 12.1. The Morgan fingerprint density at radius 2 is 1.95 bits per heavy atom. The first-order chi connectivity index (χ1) is 9.47. The van der Waals surface area contributed by atoms with Crippen LogP contribution in [0.3, 0.4) is 0 Å². The van der Waals surface area contributed by atoms with E-state index in [1.165, 1.54) is 32.1 Å². The zero-order valence-electron chi connectivity index (χ0n) is 12.5. The fraction of sp³-hybridized carbons (Fsp3) is 0.688. The second kappa shape index (κ2) is 7.00. The summed E-state index contributed by atoms with van der Waals surface area (Å²) in [5.41, 5.74) is 2.02. The maximum Gasteiger partial charge on any atom is 0.154 e. The van der Waals surface area contributed by atoms with E-state index in [0.29, 0.717) is 16.3 Å². The second-order valence-electron chi connectivity index (χ2n) is 6.28. The molecule has 1 aliphatic carbocycles. The van der Waals surface area contributed by atoms with Gasteiger partial charge in [-0.1, -0.05) is 49.9 Å². The Hall–Kier alpha value is -0.470. The van der Waals surface area contributed by atoms with Crippen LogP contribution in [0.2, 0.25) is 10.3 Å². The first kappa shape index (κ1) is 15.9. The topological polar surface area (TPSA) is 24.9 Å². The molecule has 112 valence electrons. The minimum absolute atomic E-state index is 0.457. The van der Waals surface area contributed by atoms with Gasteiger partial charge in [0.05, 0.1) is 5.69 Å². The molecule has 4 heteroatoms. The first-order valence-electron chi connectivity index (χ1n) is 7.56. The van der Waals surface area contributed by atoms with Crippen molar-refractivity contribution in [2.45, 2.75) is 58.9 Å². The molecule has 20 heavy (non-hydrogen) atoms. The lowest BCUT2D eigenvalue weighted by Crippen LogP contribution is -2.20. The van der Waals surface area contributed by atoms with Crippen molar-refractivity contribution in [3.05, 3.63) is 21.9 Å². The Morgan fingerprint density at radius 1 is 1.20 bits per heavy atom. The average Bonchev–Trinajstić information content (AvgIpc) is 2.59. The number of aromatic nitrogens is 1. The molecule has 1 saturated carbocycles. The van der Waals surface area contributed by atoms with Crippen molar-refractivity contribution in [2.24, 2.45) is 11.8 Å². The number of hydrogen-bond donors (Lipinski definition) is 1. The van der Waals surface area contributed by atoms with Crippen LogP contribution in [0.15, 0.2) is 6.07 Å². The molecular formula is C16H24Cl2N2. The minimum Gasteiger partial charge on any atom is -0.380 e. The molecule has 1 aliphatic rings. The molecule has 1 heterocycles. The maximum atomic E-state index is 6.22. The Morgan fingerprint density at radius 3 is 2.60 bits per heavy atom. The third-order valence-electron chi connectivity index (χ3n) is 4.45. The lowest BCUT2D eigenvalue weighted by molar-refractivity contribution is 0.341. The molecule has 2 nitrogen and oxygen atoms in total. The van der Waals surface area contributed by atoms with Gasteiger partial charge in [0.15, 0.2) is 5.15 Å². The van der Waals surface area contributed by atoms with E-state index in [2.05, 4.69) is 24.1 Å². The zero-order chi connectivity index (χ0) is 14.7. The number of nitrogens with one attached hydrogen (secondary N) is 1. The van der Waals surface area contributed by atoms with Gasteiger partial charge in [-0.05, 0) is 49.7 Å². The Bertz CT molecular complexity index is 437. The van der Waals surface area contributed by atoms with E-state index in [1.54, 1.807) is 0 Å². The van der Waals surface area contributed by atoms with Crippen molar-refractivity contribution in [2.75, 3.05) is 5.32 Å². The molecule has 0 spiro atoms. The van der Waals surface area contributed by atoms with Gasteiger partial charge in [-0.3, -0.25) is 0 Å². The highest BCUT2D eigenvalue weighted by Crippen LogP contribution is 2.32. The lowest BCUT2D eigenvalue weighted by Gasteiger charge is -2.21. The van der Waals surface area contributed by atoms with E-state index in [0.717, 1.165) is 23.1 Å². The van der Waals surface area contributed by atoms with Gasteiger partial charge in [-0.15, -0.1) is 0 Å². The van der Waals surface area contributed by atoms with E-state index in [-0.39, 0.29) is 0 Å². The third-order valence-corrected chi connectivity index (χ3v) is 4.91. The molecule has 0 saturated heterocycles. The summed E-state index contributed by atoms with van der Waals surface area (Å²) in [6, 6.07) is 2.36. The van der Waals surface area contributed by atoms with E-state index < -0.39 is 0 Å². The molecule has 1 fully saturated rings. The summed E-state index contributed by atoms with van der Waals surface area (Å²) in [4.78, 5) is 4.13. The zero-order valence-corrected chi connectivity index (χ0v) is 14.1. The van der Waals surface area contributed by atoms with E-state index in [1.807, 2.05) is 13.0 Å². The molecule has 0 aromatic carbocycles. The van der Waals surface area contributed by atoms with Gasteiger partial charge in [-0.2, -0.15) is 0 Å². The van der Waals surface area contributed by atoms with E-state index >= 15 is 0 Å². The molecule has 0 amide bonds. The largest absolute Gasteiger partial charge is 0.380 e. The van der Waals surface area contributed by atoms with Crippen LogP contribution in [0, 0.1) is 18.8 Å². The Balaban J connectivity index is 2.04. The highest BCUT2D eigenvalue weighted by atomic mass is 35.5. The number of halogens is 2. The Labute approximate surface area is 132 Å². The molecule has 1 aromatic heterocycles. The number of pyridine rings is 1. The SMILES string of the molecule is Cc1cc(Cl)nc(Cl)c1NC1CCCC(C(C)C)CC1. The number of hydrogen-bond acceptors (Lipinski definition) is 2. The highest BCUT2D eigenvalue weighted by molar-refractivity contribution is 6.34. The van der Waals surface area contributed by atoms with Gasteiger partial charge in [0, 0.05) is 6.04 Å². The molecule has 0 aliphatic heterocycles. The summed E-state index contributed by atoms with van der Waals surface area (Å²) in [6.45, 7) is 6.69. The minimum atomic E-state index is 0.457.